The van der Waals surface area contributed by atoms with E-state index in [4.69, 9.17) is 16.1 Å². The summed E-state index contributed by atoms with van der Waals surface area (Å²) in [6, 6.07) is 17.5. The molecule has 0 saturated heterocycles. The van der Waals surface area contributed by atoms with E-state index in [1.807, 2.05) is 60.7 Å². The van der Waals surface area contributed by atoms with Crippen LogP contribution in [0, 0.1) is 0 Å². The van der Waals surface area contributed by atoms with Crippen LogP contribution in [0.15, 0.2) is 65.3 Å². The first-order valence-electron chi connectivity index (χ1n) is 6.39. The van der Waals surface area contributed by atoms with Gasteiger partial charge in [-0.1, -0.05) is 59.2 Å². The maximum absolute atomic E-state index is 5.83. The van der Waals surface area contributed by atoms with E-state index in [-0.39, 0.29) is 0 Å². The van der Waals surface area contributed by atoms with Crippen LogP contribution in [0.25, 0.3) is 17.5 Å². The van der Waals surface area contributed by atoms with Gasteiger partial charge in [0.05, 0.1) is 0 Å². The number of benzene rings is 2. The SMILES string of the molecule is Clc1ccc(C=CNc2nc(-c3ccccc3)no2)cc1. The van der Waals surface area contributed by atoms with Crippen molar-refractivity contribution in [1.82, 2.24) is 10.1 Å². The second-order valence-corrected chi connectivity index (χ2v) is 4.75. The lowest BCUT2D eigenvalue weighted by molar-refractivity contribution is 0.435. The Balaban J connectivity index is 1.66. The third-order valence-corrected chi connectivity index (χ3v) is 3.06. The zero-order chi connectivity index (χ0) is 14.5. The summed E-state index contributed by atoms with van der Waals surface area (Å²) in [6.45, 7) is 0. The molecule has 0 aliphatic rings. The van der Waals surface area contributed by atoms with E-state index in [0.717, 1.165) is 11.1 Å². The van der Waals surface area contributed by atoms with Crippen LogP contribution in [0.1, 0.15) is 5.56 Å². The average molecular weight is 298 g/mol. The minimum Gasteiger partial charge on any atom is -0.315 e. The van der Waals surface area contributed by atoms with Gasteiger partial charge in [0, 0.05) is 16.8 Å². The summed E-state index contributed by atoms with van der Waals surface area (Å²) in [4.78, 5) is 4.26. The molecule has 5 heteroatoms. The molecule has 1 heterocycles. The lowest BCUT2D eigenvalue weighted by atomic mass is 10.2. The molecule has 0 aliphatic carbocycles. The Hall–Kier alpha value is -2.59. The molecule has 0 saturated carbocycles. The molecule has 0 amide bonds. The Bertz CT molecular complexity index is 736. The lowest BCUT2D eigenvalue weighted by Gasteiger charge is -1.94. The molecule has 0 unspecified atom stereocenters. The molecule has 0 bridgehead atoms. The first-order chi connectivity index (χ1) is 10.3. The number of halogens is 1. The van der Waals surface area contributed by atoms with Gasteiger partial charge >= 0.3 is 6.01 Å². The fourth-order valence-corrected chi connectivity index (χ4v) is 1.90. The van der Waals surface area contributed by atoms with Gasteiger partial charge in [0.15, 0.2) is 0 Å². The molecule has 3 aromatic rings. The number of nitrogens with zero attached hydrogens (tertiary/aromatic N) is 2. The normalized spacial score (nSPS) is 10.9. The van der Waals surface area contributed by atoms with E-state index in [9.17, 15) is 0 Å². The number of aromatic nitrogens is 2. The highest BCUT2D eigenvalue weighted by molar-refractivity contribution is 6.30. The summed E-state index contributed by atoms with van der Waals surface area (Å²) in [5, 5.41) is 7.58. The summed E-state index contributed by atoms with van der Waals surface area (Å²) in [7, 11) is 0. The van der Waals surface area contributed by atoms with Crippen LogP contribution in [0.5, 0.6) is 0 Å². The van der Waals surface area contributed by atoms with E-state index < -0.39 is 0 Å². The van der Waals surface area contributed by atoms with Crippen LogP contribution in [0.2, 0.25) is 5.02 Å². The van der Waals surface area contributed by atoms with Gasteiger partial charge in [0.25, 0.3) is 0 Å². The Labute approximate surface area is 127 Å². The van der Waals surface area contributed by atoms with Crippen LogP contribution in [0.3, 0.4) is 0 Å². The third kappa shape index (κ3) is 3.49. The highest BCUT2D eigenvalue weighted by Crippen LogP contribution is 2.17. The Kier molecular flexibility index (Phi) is 3.98. The van der Waals surface area contributed by atoms with Crippen molar-refractivity contribution in [1.29, 1.82) is 0 Å². The first kappa shape index (κ1) is 13.4. The fourth-order valence-electron chi connectivity index (χ4n) is 1.77. The van der Waals surface area contributed by atoms with Crippen LogP contribution in [0.4, 0.5) is 6.01 Å². The van der Waals surface area contributed by atoms with Crippen molar-refractivity contribution in [2.24, 2.45) is 0 Å². The molecule has 0 aliphatic heterocycles. The molecular weight excluding hydrogens is 286 g/mol. The maximum atomic E-state index is 5.83. The molecule has 0 fully saturated rings. The molecule has 0 radical (unpaired) electrons. The number of nitrogens with one attached hydrogen (secondary N) is 1. The van der Waals surface area contributed by atoms with Gasteiger partial charge in [-0.3, -0.25) is 0 Å². The number of hydrogen-bond donors (Lipinski definition) is 1. The summed E-state index contributed by atoms with van der Waals surface area (Å²) < 4.78 is 5.13. The van der Waals surface area contributed by atoms with Gasteiger partial charge in [-0.2, -0.15) is 4.98 Å². The van der Waals surface area contributed by atoms with Crippen molar-refractivity contribution < 1.29 is 4.52 Å². The van der Waals surface area contributed by atoms with Crippen molar-refractivity contribution in [3.8, 4) is 11.4 Å². The van der Waals surface area contributed by atoms with Crippen LogP contribution < -0.4 is 5.32 Å². The zero-order valence-electron chi connectivity index (χ0n) is 11.0. The van der Waals surface area contributed by atoms with E-state index in [0.29, 0.717) is 16.9 Å². The largest absolute Gasteiger partial charge is 0.325 e. The molecule has 2 aromatic carbocycles. The monoisotopic (exact) mass is 297 g/mol. The molecule has 1 aromatic heterocycles. The topological polar surface area (TPSA) is 51.0 Å². The molecule has 4 nitrogen and oxygen atoms in total. The number of anilines is 1. The van der Waals surface area contributed by atoms with Crippen molar-refractivity contribution in [3.63, 3.8) is 0 Å². The predicted octanol–water partition coefficient (Wildman–Crippen LogP) is 4.47. The zero-order valence-corrected chi connectivity index (χ0v) is 11.8. The summed E-state index contributed by atoms with van der Waals surface area (Å²) in [6.07, 6.45) is 3.63. The fraction of sp³-hybridized carbons (Fsp3) is 0. The molecule has 0 spiro atoms. The Morgan fingerprint density at radius 1 is 1.00 bits per heavy atom. The van der Waals surface area contributed by atoms with Crippen molar-refractivity contribution >= 4 is 23.7 Å². The highest BCUT2D eigenvalue weighted by Gasteiger charge is 2.06. The van der Waals surface area contributed by atoms with Crippen molar-refractivity contribution in [2.75, 3.05) is 5.32 Å². The molecular formula is C16H12ClN3O. The van der Waals surface area contributed by atoms with Gasteiger partial charge in [-0.05, 0) is 23.8 Å². The van der Waals surface area contributed by atoms with Gasteiger partial charge in [0.2, 0.25) is 5.82 Å². The van der Waals surface area contributed by atoms with Crippen LogP contribution >= 0.6 is 11.6 Å². The number of hydrogen-bond acceptors (Lipinski definition) is 4. The minimum absolute atomic E-state index is 0.346. The first-order valence-corrected chi connectivity index (χ1v) is 6.77. The van der Waals surface area contributed by atoms with Crippen molar-refractivity contribution in [3.05, 3.63) is 71.4 Å². The standard InChI is InChI=1S/C16H12ClN3O/c17-14-8-6-12(7-9-14)10-11-18-16-19-15(20-21-16)13-4-2-1-3-5-13/h1-11H,(H,18,19,20). The quantitative estimate of drug-likeness (QED) is 0.772. The van der Waals surface area contributed by atoms with Gasteiger partial charge in [-0.25, -0.2) is 0 Å². The van der Waals surface area contributed by atoms with Gasteiger partial charge < -0.3 is 9.84 Å². The van der Waals surface area contributed by atoms with Gasteiger partial charge in [0.1, 0.15) is 0 Å². The summed E-state index contributed by atoms with van der Waals surface area (Å²) in [5.74, 6) is 0.554. The number of rotatable bonds is 4. The Morgan fingerprint density at radius 3 is 2.52 bits per heavy atom. The maximum Gasteiger partial charge on any atom is 0.325 e. The second kappa shape index (κ2) is 6.24. The van der Waals surface area contributed by atoms with Gasteiger partial charge in [-0.15, -0.1) is 0 Å². The van der Waals surface area contributed by atoms with E-state index in [1.165, 1.54) is 0 Å². The van der Waals surface area contributed by atoms with Crippen LogP contribution in [-0.2, 0) is 0 Å². The average Bonchev–Trinajstić information content (AvgIpc) is 2.99. The minimum atomic E-state index is 0.346. The molecule has 1 N–H and O–H groups in total. The molecule has 0 atom stereocenters. The lowest BCUT2D eigenvalue weighted by Crippen LogP contribution is -1.87. The summed E-state index contributed by atoms with van der Waals surface area (Å²) >= 11 is 5.83. The van der Waals surface area contributed by atoms with E-state index >= 15 is 0 Å². The summed E-state index contributed by atoms with van der Waals surface area (Å²) in [5.41, 5.74) is 1.94. The highest BCUT2D eigenvalue weighted by atomic mass is 35.5. The Morgan fingerprint density at radius 2 is 1.76 bits per heavy atom. The second-order valence-electron chi connectivity index (χ2n) is 4.32. The molecule has 21 heavy (non-hydrogen) atoms. The van der Waals surface area contributed by atoms with E-state index in [1.54, 1.807) is 6.20 Å². The van der Waals surface area contributed by atoms with Crippen LogP contribution in [-0.4, -0.2) is 10.1 Å². The smallest absolute Gasteiger partial charge is 0.315 e. The van der Waals surface area contributed by atoms with E-state index in [2.05, 4.69) is 15.5 Å². The molecule has 104 valence electrons. The molecule has 3 rings (SSSR count). The predicted molar refractivity (Wildman–Crippen MR) is 83.8 cm³/mol. The van der Waals surface area contributed by atoms with Crippen molar-refractivity contribution in [2.45, 2.75) is 0 Å². The third-order valence-electron chi connectivity index (χ3n) is 2.81.